The topological polar surface area (TPSA) is 58.2 Å². The normalized spacial score (nSPS) is 23.0. The van der Waals surface area contributed by atoms with E-state index in [2.05, 4.69) is 17.0 Å². The lowest BCUT2D eigenvalue weighted by molar-refractivity contribution is 0.330. The molecule has 2 rings (SSSR count). The molecule has 0 radical (unpaired) electrons. The molecule has 0 bridgehead atoms. The second kappa shape index (κ2) is 6.79. The van der Waals surface area contributed by atoms with Gasteiger partial charge in [-0.25, -0.2) is 13.1 Å². The largest absolute Gasteiger partial charge is 0.382 e. The molecule has 0 spiro atoms. The zero-order chi connectivity index (χ0) is 15.5. The Morgan fingerprint density at radius 2 is 1.86 bits per heavy atom. The van der Waals surface area contributed by atoms with Crippen LogP contribution in [-0.2, 0) is 10.0 Å². The number of hydrogen-bond donors (Lipinski definition) is 2. The maximum Gasteiger partial charge on any atom is 0.240 e. The fourth-order valence-corrected chi connectivity index (χ4v) is 4.03. The molecule has 2 N–H and O–H groups in total. The molecule has 0 atom stereocenters. The Balaban J connectivity index is 2.10. The highest BCUT2D eigenvalue weighted by atomic mass is 32.2. The summed E-state index contributed by atoms with van der Waals surface area (Å²) in [7, 11) is -1.95. The van der Waals surface area contributed by atoms with Gasteiger partial charge in [-0.05, 0) is 63.3 Å². The standard InChI is InChI=1S/C16H26N2O2S/c1-4-13-6-9-14(10-7-13)18-15-8-5-12(2)16(11-15)21(19,20)17-3/h5,8,11,13-14,17-18H,4,6-7,9-10H2,1-3H3. The first-order chi connectivity index (χ1) is 9.96. The molecule has 0 saturated heterocycles. The summed E-state index contributed by atoms with van der Waals surface area (Å²) in [5, 5.41) is 3.50. The van der Waals surface area contributed by atoms with Gasteiger partial charge >= 0.3 is 0 Å². The van der Waals surface area contributed by atoms with Gasteiger partial charge in [0.2, 0.25) is 10.0 Å². The maximum absolute atomic E-state index is 12.0. The Bertz CT molecular complexity index is 576. The van der Waals surface area contributed by atoms with E-state index in [0.717, 1.165) is 17.2 Å². The molecule has 1 aliphatic carbocycles. The summed E-state index contributed by atoms with van der Waals surface area (Å²) >= 11 is 0. The van der Waals surface area contributed by atoms with Crippen LogP contribution in [0.3, 0.4) is 0 Å². The Labute approximate surface area is 128 Å². The second-order valence-electron chi connectivity index (χ2n) is 5.96. The summed E-state index contributed by atoms with van der Waals surface area (Å²) in [4.78, 5) is 0.359. The number of anilines is 1. The zero-order valence-electron chi connectivity index (χ0n) is 13.1. The van der Waals surface area contributed by atoms with Crippen LogP contribution in [0.1, 0.15) is 44.6 Å². The molecular weight excluding hydrogens is 284 g/mol. The van der Waals surface area contributed by atoms with E-state index in [1.54, 1.807) is 6.07 Å². The molecule has 1 aliphatic rings. The van der Waals surface area contributed by atoms with Crippen molar-refractivity contribution in [1.82, 2.24) is 4.72 Å². The molecule has 5 heteroatoms. The highest BCUT2D eigenvalue weighted by Gasteiger charge is 2.21. The molecule has 0 amide bonds. The van der Waals surface area contributed by atoms with Gasteiger partial charge in [0.05, 0.1) is 4.90 Å². The predicted octanol–water partition coefficient (Wildman–Crippen LogP) is 3.28. The van der Waals surface area contributed by atoms with E-state index >= 15 is 0 Å². The molecule has 1 saturated carbocycles. The number of nitrogens with one attached hydrogen (secondary N) is 2. The summed E-state index contributed by atoms with van der Waals surface area (Å²) in [5.74, 6) is 0.862. The maximum atomic E-state index is 12.0. The lowest BCUT2D eigenvalue weighted by Gasteiger charge is -2.29. The van der Waals surface area contributed by atoms with Crippen LogP contribution in [0.5, 0.6) is 0 Å². The van der Waals surface area contributed by atoms with Crippen LogP contribution >= 0.6 is 0 Å². The van der Waals surface area contributed by atoms with Gasteiger partial charge in [0, 0.05) is 11.7 Å². The highest BCUT2D eigenvalue weighted by molar-refractivity contribution is 7.89. The van der Waals surface area contributed by atoms with Crippen molar-refractivity contribution in [2.24, 2.45) is 5.92 Å². The van der Waals surface area contributed by atoms with Crippen molar-refractivity contribution < 1.29 is 8.42 Å². The van der Waals surface area contributed by atoms with Gasteiger partial charge in [0.15, 0.2) is 0 Å². The van der Waals surface area contributed by atoms with Crippen molar-refractivity contribution >= 4 is 15.7 Å². The highest BCUT2D eigenvalue weighted by Crippen LogP contribution is 2.29. The molecular formula is C16H26N2O2S. The third kappa shape index (κ3) is 3.98. The van der Waals surface area contributed by atoms with E-state index in [4.69, 9.17) is 0 Å². The zero-order valence-corrected chi connectivity index (χ0v) is 14.0. The van der Waals surface area contributed by atoms with E-state index in [9.17, 15) is 8.42 Å². The molecule has 21 heavy (non-hydrogen) atoms. The van der Waals surface area contributed by atoms with Crippen LogP contribution in [0, 0.1) is 12.8 Å². The molecule has 0 aromatic heterocycles. The van der Waals surface area contributed by atoms with Crippen molar-refractivity contribution in [2.75, 3.05) is 12.4 Å². The van der Waals surface area contributed by atoms with E-state index < -0.39 is 10.0 Å². The summed E-state index contributed by atoms with van der Waals surface area (Å²) in [6, 6.07) is 6.04. The van der Waals surface area contributed by atoms with Crippen LogP contribution < -0.4 is 10.0 Å². The summed E-state index contributed by atoms with van der Waals surface area (Å²) in [6.45, 7) is 4.08. The average Bonchev–Trinajstić information content (AvgIpc) is 2.50. The minimum absolute atomic E-state index is 0.359. The summed E-state index contributed by atoms with van der Waals surface area (Å²) in [6.07, 6.45) is 6.13. The summed E-state index contributed by atoms with van der Waals surface area (Å²) in [5.41, 5.74) is 1.67. The Kier molecular flexibility index (Phi) is 5.27. The van der Waals surface area contributed by atoms with Crippen LogP contribution in [-0.4, -0.2) is 21.5 Å². The quantitative estimate of drug-likeness (QED) is 0.877. The SMILES string of the molecule is CCC1CCC(Nc2ccc(C)c(S(=O)(=O)NC)c2)CC1. The van der Waals surface area contributed by atoms with Crippen molar-refractivity contribution in [3.05, 3.63) is 23.8 Å². The first kappa shape index (κ1) is 16.3. The molecule has 0 heterocycles. The van der Waals surface area contributed by atoms with E-state index in [1.165, 1.54) is 39.2 Å². The minimum Gasteiger partial charge on any atom is -0.382 e. The van der Waals surface area contributed by atoms with E-state index in [-0.39, 0.29) is 0 Å². The van der Waals surface area contributed by atoms with E-state index in [0.29, 0.717) is 10.9 Å². The lowest BCUT2D eigenvalue weighted by Crippen LogP contribution is -2.26. The number of aryl methyl sites for hydroxylation is 1. The number of benzene rings is 1. The van der Waals surface area contributed by atoms with Gasteiger partial charge in [-0.3, -0.25) is 0 Å². The Morgan fingerprint density at radius 3 is 2.43 bits per heavy atom. The number of hydrogen-bond acceptors (Lipinski definition) is 3. The Morgan fingerprint density at radius 1 is 1.19 bits per heavy atom. The third-order valence-electron chi connectivity index (χ3n) is 4.54. The van der Waals surface area contributed by atoms with Crippen molar-refractivity contribution in [1.29, 1.82) is 0 Å². The molecule has 1 aromatic carbocycles. The second-order valence-corrected chi connectivity index (χ2v) is 7.81. The summed E-state index contributed by atoms with van der Waals surface area (Å²) < 4.78 is 26.4. The van der Waals surface area contributed by atoms with Gasteiger partial charge in [0.25, 0.3) is 0 Å². The molecule has 0 unspecified atom stereocenters. The third-order valence-corrected chi connectivity index (χ3v) is 6.10. The van der Waals surface area contributed by atoms with Crippen molar-refractivity contribution in [3.63, 3.8) is 0 Å². The van der Waals surface area contributed by atoms with Crippen LogP contribution in [0.15, 0.2) is 23.1 Å². The van der Waals surface area contributed by atoms with E-state index in [1.807, 2.05) is 19.1 Å². The molecule has 1 aromatic rings. The average molecular weight is 310 g/mol. The fraction of sp³-hybridized carbons (Fsp3) is 0.625. The monoisotopic (exact) mass is 310 g/mol. The first-order valence-electron chi connectivity index (χ1n) is 7.77. The van der Waals surface area contributed by atoms with Crippen molar-refractivity contribution in [3.8, 4) is 0 Å². The number of sulfonamides is 1. The van der Waals surface area contributed by atoms with Gasteiger partial charge < -0.3 is 5.32 Å². The Hall–Kier alpha value is -1.07. The minimum atomic E-state index is -3.39. The van der Waals surface area contributed by atoms with Gasteiger partial charge in [-0.15, -0.1) is 0 Å². The lowest BCUT2D eigenvalue weighted by atomic mass is 9.84. The van der Waals surface area contributed by atoms with Gasteiger partial charge in [-0.1, -0.05) is 19.4 Å². The van der Waals surface area contributed by atoms with Gasteiger partial charge in [0.1, 0.15) is 0 Å². The molecule has 4 nitrogen and oxygen atoms in total. The smallest absolute Gasteiger partial charge is 0.240 e. The van der Waals surface area contributed by atoms with Crippen LogP contribution in [0.4, 0.5) is 5.69 Å². The van der Waals surface area contributed by atoms with Crippen LogP contribution in [0.2, 0.25) is 0 Å². The molecule has 0 aliphatic heterocycles. The fourth-order valence-electron chi connectivity index (χ4n) is 3.04. The predicted molar refractivity (Wildman–Crippen MR) is 87.1 cm³/mol. The number of rotatable bonds is 5. The molecule has 1 fully saturated rings. The van der Waals surface area contributed by atoms with Crippen molar-refractivity contribution in [2.45, 2.75) is 56.9 Å². The van der Waals surface area contributed by atoms with Gasteiger partial charge in [-0.2, -0.15) is 0 Å². The van der Waals surface area contributed by atoms with Crippen LogP contribution in [0.25, 0.3) is 0 Å². The molecule has 118 valence electrons. The first-order valence-corrected chi connectivity index (χ1v) is 9.25.